The Morgan fingerprint density at radius 3 is 2.41 bits per heavy atom. The molecule has 0 saturated carbocycles. The summed E-state index contributed by atoms with van der Waals surface area (Å²) in [6.45, 7) is 0.259. The summed E-state index contributed by atoms with van der Waals surface area (Å²) >= 11 is 0.910. The predicted molar refractivity (Wildman–Crippen MR) is 133 cm³/mol. The van der Waals surface area contributed by atoms with E-state index in [1.54, 1.807) is 42.5 Å². The molecule has 0 bridgehead atoms. The topological polar surface area (TPSA) is 46.6 Å². The Morgan fingerprint density at radius 2 is 1.53 bits per heavy atom. The molecule has 4 aromatic rings. The van der Waals surface area contributed by atoms with Crippen molar-refractivity contribution in [2.75, 3.05) is 0 Å². The van der Waals surface area contributed by atoms with E-state index in [1.165, 1.54) is 11.0 Å². The Bertz CT molecular complexity index is 1430. The van der Waals surface area contributed by atoms with Crippen LogP contribution in [0.25, 0.3) is 16.8 Å². The van der Waals surface area contributed by atoms with E-state index in [0.29, 0.717) is 21.8 Å². The molecule has 1 heterocycles. The van der Waals surface area contributed by atoms with Crippen molar-refractivity contribution in [3.05, 3.63) is 118 Å². The van der Waals surface area contributed by atoms with Gasteiger partial charge in [-0.3, -0.25) is 14.5 Å². The standard InChI is InChI=1S/C28H20FNO3S/c29-24-14-5-2-10-22(24)18-33-25-15-6-3-9-20(25)16-26-27(31)30(28(32)34-26)17-21-12-7-11-19-8-1-4-13-23(19)21/h1-16H,17-18H2/b26-16+. The maximum absolute atomic E-state index is 14.0. The average Bonchev–Trinajstić information content (AvgIpc) is 3.12. The fraction of sp³-hybridized carbons (Fsp3) is 0.0714. The summed E-state index contributed by atoms with van der Waals surface area (Å²) in [5, 5.41) is 1.76. The molecule has 0 aromatic heterocycles. The van der Waals surface area contributed by atoms with Crippen LogP contribution in [0.1, 0.15) is 16.7 Å². The molecule has 0 atom stereocenters. The van der Waals surface area contributed by atoms with Gasteiger partial charge in [-0.1, -0.05) is 78.9 Å². The van der Waals surface area contributed by atoms with Crippen molar-refractivity contribution in [2.45, 2.75) is 13.2 Å². The van der Waals surface area contributed by atoms with E-state index in [0.717, 1.165) is 28.1 Å². The number of nitrogens with zero attached hydrogens (tertiary/aromatic N) is 1. The van der Waals surface area contributed by atoms with Crippen molar-refractivity contribution in [3.8, 4) is 5.75 Å². The van der Waals surface area contributed by atoms with Gasteiger partial charge in [0.1, 0.15) is 18.2 Å². The third-order valence-corrected chi connectivity index (χ3v) is 6.54. The van der Waals surface area contributed by atoms with Crippen LogP contribution in [0.4, 0.5) is 9.18 Å². The van der Waals surface area contributed by atoms with Crippen LogP contribution in [-0.2, 0) is 17.9 Å². The van der Waals surface area contributed by atoms with E-state index in [-0.39, 0.29) is 30.1 Å². The highest BCUT2D eigenvalue weighted by Gasteiger charge is 2.35. The van der Waals surface area contributed by atoms with Crippen LogP contribution in [0, 0.1) is 5.82 Å². The molecule has 2 amide bonds. The molecule has 0 spiro atoms. The molecule has 1 aliphatic rings. The average molecular weight is 470 g/mol. The molecule has 168 valence electrons. The van der Waals surface area contributed by atoms with Crippen molar-refractivity contribution >= 4 is 39.8 Å². The number of carbonyl (C=O) groups is 2. The molecule has 0 N–H and O–H groups in total. The van der Waals surface area contributed by atoms with Crippen LogP contribution < -0.4 is 4.74 Å². The molecule has 1 saturated heterocycles. The van der Waals surface area contributed by atoms with Gasteiger partial charge in [0.25, 0.3) is 11.1 Å². The third-order valence-electron chi connectivity index (χ3n) is 5.63. The highest BCUT2D eigenvalue weighted by Crippen LogP contribution is 2.35. The number of hydrogen-bond acceptors (Lipinski definition) is 4. The van der Waals surface area contributed by atoms with Gasteiger partial charge in [-0.25, -0.2) is 4.39 Å². The first-order valence-corrected chi connectivity index (χ1v) is 11.6. The molecule has 1 fully saturated rings. The fourth-order valence-corrected chi connectivity index (χ4v) is 4.71. The zero-order chi connectivity index (χ0) is 23.5. The first-order chi connectivity index (χ1) is 16.6. The lowest BCUT2D eigenvalue weighted by Crippen LogP contribution is -2.27. The van der Waals surface area contributed by atoms with Crippen molar-refractivity contribution in [1.29, 1.82) is 0 Å². The van der Waals surface area contributed by atoms with E-state index in [1.807, 2.05) is 48.5 Å². The number of amides is 2. The second kappa shape index (κ2) is 9.53. The summed E-state index contributed by atoms with van der Waals surface area (Å²) in [6, 6.07) is 27.4. The zero-order valence-corrected chi connectivity index (χ0v) is 18.9. The highest BCUT2D eigenvalue weighted by atomic mass is 32.2. The SMILES string of the molecule is O=C1S/C(=C/c2ccccc2OCc2ccccc2F)C(=O)N1Cc1cccc2ccccc12. The van der Waals surface area contributed by atoms with E-state index in [4.69, 9.17) is 4.74 Å². The molecule has 0 aliphatic carbocycles. The minimum Gasteiger partial charge on any atom is -0.488 e. The van der Waals surface area contributed by atoms with E-state index >= 15 is 0 Å². The fourth-order valence-electron chi connectivity index (χ4n) is 3.88. The number of imide groups is 1. The minimum absolute atomic E-state index is 0.0556. The molecular formula is C28H20FNO3S. The van der Waals surface area contributed by atoms with Gasteiger partial charge in [-0.05, 0) is 46.3 Å². The molecule has 4 nitrogen and oxygen atoms in total. The summed E-state index contributed by atoms with van der Waals surface area (Å²) in [4.78, 5) is 27.4. The predicted octanol–water partition coefficient (Wildman–Crippen LogP) is 6.79. The first-order valence-electron chi connectivity index (χ1n) is 10.8. The van der Waals surface area contributed by atoms with E-state index in [2.05, 4.69) is 0 Å². The van der Waals surface area contributed by atoms with Gasteiger partial charge in [0.05, 0.1) is 11.4 Å². The van der Waals surface area contributed by atoms with Crippen LogP contribution in [-0.4, -0.2) is 16.0 Å². The first kappa shape index (κ1) is 21.9. The third kappa shape index (κ3) is 4.45. The van der Waals surface area contributed by atoms with Gasteiger partial charge in [-0.15, -0.1) is 0 Å². The van der Waals surface area contributed by atoms with Crippen molar-refractivity contribution < 1.29 is 18.7 Å². The minimum atomic E-state index is -0.341. The van der Waals surface area contributed by atoms with Crippen LogP contribution in [0.3, 0.4) is 0 Å². The lowest BCUT2D eigenvalue weighted by molar-refractivity contribution is -0.123. The molecule has 34 heavy (non-hydrogen) atoms. The quantitative estimate of drug-likeness (QED) is 0.292. The summed E-state index contributed by atoms with van der Waals surface area (Å²) in [6.07, 6.45) is 1.66. The molecule has 0 radical (unpaired) electrons. The number of carbonyl (C=O) groups excluding carboxylic acids is 2. The molecule has 5 rings (SSSR count). The number of thioether (sulfide) groups is 1. The Morgan fingerprint density at radius 1 is 0.824 bits per heavy atom. The summed E-state index contributed by atoms with van der Waals surface area (Å²) in [7, 11) is 0. The van der Waals surface area contributed by atoms with Crippen LogP contribution in [0.15, 0.2) is 95.9 Å². The number of halogens is 1. The van der Waals surface area contributed by atoms with Crippen LogP contribution >= 0.6 is 11.8 Å². The van der Waals surface area contributed by atoms with Gasteiger partial charge < -0.3 is 4.74 Å². The molecule has 1 aliphatic heterocycles. The summed E-state index contributed by atoms with van der Waals surface area (Å²) < 4.78 is 19.8. The highest BCUT2D eigenvalue weighted by molar-refractivity contribution is 8.18. The van der Waals surface area contributed by atoms with E-state index in [9.17, 15) is 14.0 Å². The second-order valence-corrected chi connectivity index (χ2v) is 8.82. The largest absolute Gasteiger partial charge is 0.488 e. The molecule has 0 unspecified atom stereocenters. The second-order valence-electron chi connectivity index (χ2n) is 7.82. The van der Waals surface area contributed by atoms with Gasteiger partial charge in [0.2, 0.25) is 0 Å². The molecule has 6 heteroatoms. The van der Waals surface area contributed by atoms with Crippen molar-refractivity contribution in [2.24, 2.45) is 0 Å². The number of ether oxygens (including phenoxy) is 1. The zero-order valence-electron chi connectivity index (χ0n) is 18.1. The van der Waals surface area contributed by atoms with Crippen molar-refractivity contribution in [1.82, 2.24) is 4.90 Å². The maximum Gasteiger partial charge on any atom is 0.293 e. The number of benzene rings is 4. The lowest BCUT2D eigenvalue weighted by Gasteiger charge is -2.14. The maximum atomic E-state index is 14.0. The number of fused-ring (bicyclic) bond motifs is 1. The van der Waals surface area contributed by atoms with Gasteiger partial charge >= 0.3 is 0 Å². The smallest absolute Gasteiger partial charge is 0.293 e. The van der Waals surface area contributed by atoms with Gasteiger partial charge in [0, 0.05) is 11.1 Å². The van der Waals surface area contributed by atoms with Gasteiger partial charge in [-0.2, -0.15) is 0 Å². The number of hydrogen-bond donors (Lipinski definition) is 0. The van der Waals surface area contributed by atoms with Crippen molar-refractivity contribution in [3.63, 3.8) is 0 Å². The van der Waals surface area contributed by atoms with Crippen LogP contribution in [0.2, 0.25) is 0 Å². The number of para-hydroxylation sites is 1. The summed E-state index contributed by atoms with van der Waals surface area (Å²) in [5.41, 5.74) is 2.00. The Kier molecular flexibility index (Phi) is 6.14. The van der Waals surface area contributed by atoms with Gasteiger partial charge in [0.15, 0.2) is 0 Å². The normalized spacial score (nSPS) is 14.9. The van der Waals surface area contributed by atoms with Crippen LogP contribution in [0.5, 0.6) is 5.75 Å². The Labute approximate surface area is 200 Å². The van der Waals surface area contributed by atoms with E-state index < -0.39 is 0 Å². The monoisotopic (exact) mass is 469 g/mol. The number of rotatable bonds is 6. The summed E-state index contributed by atoms with van der Waals surface area (Å²) in [5.74, 6) is -0.173. The molecular weight excluding hydrogens is 449 g/mol. The molecule has 4 aromatic carbocycles. The lowest BCUT2D eigenvalue weighted by atomic mass is 10.0. The Hall–Kier alpha value is -3.90. The Balaban J connectivity index is 1.37.